The predicted molar refractivity (Wildman–Crippen MR) is 132 cm³/mol. The van der Waals surface area contributed by atoms with Crippen molar-refractivity contribution in [3.63, 3.8) is 0 Å². The number of aryl methyl sites for hydroxylation is 1. The van der Waals surface area contributed by atoms with E-state index in [4.69, 9.17) is 0 Å². The van der Waals surface area contributed by atoms with Gasteiger partial charge in [-0.25, -0.2) is 4.79 Å². The third-order valence-corrected chi connectivity index (χ3v) is 7.26. The van der Waals surface area contributed by atoms with Crippen LogP contribution < -0.4 is 10.6 Å². The number of H-pyrrole nitrogens is 1. The molecule has 2 aliphatic rings. The number of likely N-dealkylation sites (tertiary alicyclic amines) is 1. The maximum atomic E-state index is 13.1. The van der Waals surface area contributed by atoms with Crippen molar-refractivity contribution in [2.75, 3.05) is 13.1 Å². The molecule has 4 amide bonds. The third kappa shape index (κ3) is 4.20. The van der Waals surface area contributed by atoms with Gasteiger partial charge in [-0.2, -0.15) is 5.10 Å². The van der Waals surface area contributed by atoms with Gasteiger partial charge in [-0.1, -0.05) is 48.9 Å². The first-order valence-electron chi connectivity index (χ1n) is 12.1. The van der Waals surface area contributed by atoms with Gasteiger partial charge in [0.25, 0.3) is 11.8 Å². The summed E-state index contributed by atoms with van der Waals surface area (Å²) in [6.45, 7) is 5.24. The van der Waals surface area contributed by atoms with E-state index in [-0.39, 0.29) is 11.8 Å². The average molecular weight is 472 g/mol. The smallest absolute Gasteiger partial charge is 0.322 e. The first kappa shape index (κ1) is 22.8. The molecule has 3 heterocycles. The van der Waals surface area contributed by atoms with E-state index >= 15 is 0 Å². The van der Waals surface area contributed by atoms with Gasteiger partial charge >= 0.3 is 6.03 Å². The van der Waals surface area contributed by atoms with Crippen LogP contribution in [0.25, 0.3) is 11.3 Å². The summed E-state index contributed by atoms with van der Waals surface area (Å²) in [5, 5.41) is 12.7. The molecular weight excluding hydrogens is 442 g/mol. The Kier molecular flexibility index (Phi) is 5.88. The monoisotopic (exact) mass is 471 g/mol. The number of piperidine rings is 1. The van der Waals surface area contributed by atoms with Crippen molar-refractivity contribution in [1.29, 1.82) is 0 Å². The second-order valence-electron chi connectivity index (χ2n) is 9.38. The Bertz CT molecular complexity index is 1260. The molecule has 2 aromatic carbocycles. The number of urea groups is 1. The SMILES string of the molecule is CC[C@]1(c2ccc(C(=O)N3CCC(c4cc(-c5ccc(C)cc5)[nH]n4)CC3)cc2)NC(=O)NC1=O. The predicted octanol–water partition coefficient (Wildman–Crippen LogP) is 3.85. The Morgan fingerprint density at radius 3 is 2.34 bits per heavy atom. The molecule has 2 fully saturated rings. The van der Waals surface area contributed by atoms with E-state index in [0.717, 1.165) is 29.8 Å². The van der Waals surface area contributed by atoms with Crippen LogP contribution in [0.1, 0.15) is 59.3 Å². The molecule has 2 saturated heterocycles. The number of benzene rings is 2. The third-order valence-electron chi connectivity index (χ3n) is 7.26. The Morgan fingerprint density at radius 1 is 1.06 bits per heavy atom. The number of hydrogen-bond acceptors (Lipinski definition) is 4. The van der Waals surface area contributed by atoms with Crippen LogP contribution in [0.2, 0.25) is 0 Å². The fourth-order valence-electron chi connectivity index (χ4n) is 5.03. The van der Waals surface area contributed by atoms with E-state index in [1.807, 2.05) is 11.8 Å². The van der Waals surface area contributed by atoms with Crippen molar-refractivity contribution in [1.82, 2.24) is 25.7 Å². The average Bonchev–Trinajstić information content (AvgIpc) is 3.49. The van der Waals surface area contributed by atoms with Crippen LogP contribution >= 0.6 is 0 Å². The summed E-state index contributed by atoms with van der Waals surface area (Å²) in [4.78, 5) is 39.0. The molecule has 3 N–H and O–H groups in total. The summed E-state index contributed by atoms with van der Waals surface area (Å²) in [7, 11) is 0. The number of imide groups is 1. The molecular formula is C27H29N5O3. The van der Waals surface area contributed by atoms with Gasteiger partial charge < -0.3 is 10.2 Å². The lowest BCUT2D eigenvalue weighted by Crippen LogP contribution is -2.43. The quantitative estimate of drug-likeness (QED) is 0.491. The summed E-state index contributed by atoms with van der Waals surface area (Å²) in [6.07, 6.45) is 2.13. The molecule has 0 spiro atoms. The fourth-order valence-corrected chi connectivity index (χ4v) is 5.03. The van der Waals surface area contributed by atoms with E-state index in [9.17, 15) is 14.4 Å². The molecule has 5 rings (SSSR count). The van der Waals surface area contributed by atoms with Crippen molar-refractivity contribution in [2.24, 2.45) is 0 Å². The maximum absolute atomic E-state index is 13.1. The number of amides is 4. The van der Waals surface area contributed by atoms with Crippen LogP contribution in [-0.2, 0) is 10.3 Å². The normalized spacial score (nSPS) is 20.6. The molecule has 0 unspecified atom stereocenters. The molecule has 0 aliphatic carbocycles. The molecule has 8 nitrogen and oxygen atoms in total. The number of nitrogens with one attached hydrogen (secondary N) is 3. The van der Waals surface area contributed by atoms with Gasteiger partial charge in [0.05, 0.1) is 11.4 Å². The number of nitrogens with zero attached hydrogens (tertiary/aromatic N) is 2. The topological polar surface area (TPSA) is 107 Å². The van der Waals surface area contributed by atoms with E-state index in [2.05, 4.69) is 58.1 Å². The number of aromatic nitrogens is 2. The van der Waals surface area contributed by atoms with Crippen LogP contribution in [0.5, 0.6) is 0 Å². The van der Waals surface area contributed by atoms with Gasteiger partial charge in [-0.3, -0.25) is 20.0 Å². The lowest BCUT2D eigenvalue weighted by atomic mass is 9.87. The molecule has 35 heavy (non-hydrogen) atoms. The minimum Gasteiger partial charge on any atom is -0.339 e. The second kappa shape index (κ2) is 9.02. The van der Waals surface area contributed by atoms with Gasteiger partial charge in [0.2, 0.25) is 0 Å². The molecule has 1 atom stereocenters. The number of carbonyl (C=O) groups excluding carboxylic acids is 3. The summed E-state index contributed by atoms with van der Waals surface area (Å²) >= 11 is 0. The molecule has 2 aliphatic heterocycles. The standard InChI is InChI=1S/C27H29N5O3/c1-3-27(25(34)28-26(35)29-27)21-10-8-20(9-11-21)24(33)32-14-12-19(13-15-32)23-16-22(30-31-23)18-6-4-17(2)5-7-18/h4-11,16,19H,3,12-15H2,1-2H3,(H,30,31)(H2,28,29,34,35)/t27-/m1/s1. The van der Waals surface area contributed by atoms with Crippen molar-refractivity contribution in [3.8, 4) is 11.3 Å². The van der Waals surface area contributed by atoms with Crippen molar-refractivity contribution in [3.05, 3.63) is 77.0 Å². The highest BCUT2D eigenvalue weighted by atomic mass is 16.2. The minimum atomic E-state index is -1.09. The Hall–Kier alpha value is -3.94. The molecule has 8 heteroatoms. The molecule has 0 radical (unpaired) electrons. The number of aromatic amines is 1. The fraction of sp³-hybridized carbons (Fsp3) is 0.333. The zero-order chi connectivity index (χ0) is 24.6. The zero-order valence-corrected chi connectivity index (χ0v) is 19.9. The highest BCUT2D eigenvalue weighted by molar-refractivity contribution is 6.07. The molecule has 180 valence electrons. The second-order valence-corrected chi connectivity index (χ2v) is 9.38. The van der Waals surface area contributed by atoms with E-state index < -0.39 is 11.6 Å². The largest absolute Gasteiger partial charge is 0.339 e. The molecule has 1 aromatic heterocycles. The Balaban J connectivity index is 1.22. The van der Waals surface area contributed by atoms with Crippen LogP contribution in [0, 0.1) is 6.92 Å². The lowest BCUT2D eigenvalue weighted by molar-refractivity contribution is -0.124. The molecule has 0 saturated carbocycles. The summed E-state index contributed by atoms with van der Waals surface area (Å²) in [5.41, 5.74) is 4.55. The van der Waals surface area contributed by atoms with Crippen LogP contribution in [0.4, 0.5) is 4.79 Å². The van der Waals surface area contributed by atoms with Crippen LogP contribution in [-0.4, -0.2) is 46.0 Å². The summed E-state index contributed by atoms with van der Waals surface area (Å²) < 4.78 is 0. The lowest BCUT2D eigenvalue weighted by Gasteiger charge is -2.31. The number of carbonyl (C=O) groups is 3. The van der Waals surface area contributed by atoms with E-state index in [1.165, 1.54) is 5.56 Å². The van der Waals surface area contributed by atoms with Crippen molar-refractivity contribution in [2.45, 2.75) is 44.6 Å². The van der Waals surface area contributed by atoms with Crippen LogP contribution in [0.15, 0.2) is 54.6 Å². The zero-order valence-electron chi connectivity index (χ0n) is 19.9. The van der Waals surface area contributed by atoms with Gasteiger partial charge in [0.15, 0.2) is 0 Å². The first-order valence-corrected chi connectivity index (χ1v) is 12.1. The minimum absolute atomic E-state index is 0.0252. The van der Waals surface area contributed by atoms with Crippen molar-refractivity contribution < 1.29 is 14.4 Å². The van der Waals surface area contributed by atoms with E-state index in [0.29, 0.717) is 36.6 Å². The number of rotatable bonds is 5. The van der Waals surface area contributed by atoms with E-state index in [1.54, 1.807) is 24.3 Å². The van der Waals surface area contributed by atoms with Gasteiger partial charge in [0, 0.05) is 24.6 Å². The maximum Gasteiger partial charge on any atom is 0.322 e. The number of hydrogen-bond donors (Lipinski definition) is 3. The van der Waals surface area contributed by atoms with Gasteiger partial charge in [-0.15, -0.1) is 0 Å². The van der Waals surface area contributed by atoms with Crippen molar-refractivity contribution >= 4 is 17.8 Å². The summed E-state index contributed by atoms with van der Waals surface area (Å²) in [5.74, 6) is -0.0799. The highest BCUT2D eigenvalue weighted by Crippen LogP contribution is 2.31. The van der Waals surface area contributed by atoms with Gasteiger partial charge in [-0.05, 0) is 55.5 Å². The summed E-state index contributed by atoms with van der Waals surface area (Å²) in [6, 6.07) is 17.0. The highest BCUT2D eigenvalue weighted by Gasteiger charge is 2.46. The molecule has 3 aromatic rings. The molecule has 0 bridgehead atoms. The van der Waals surface area contributed by atoms with Crippen LogP contribution in [0.3, 0.4) is 0 Å². The first-order chi connectivity index (χ1) is 16.9. The Morgan fingerprint density at radius 2 is 1.74 bits per heavy atom. The Labute approximate surface area is 204 Å². The van der Waals surface area contributed by atoms with Gasteiger partial charge in [0.1, 0.15) is 5.54 Å².